The van der Waals surface area contributed by atoms with E-state index in [0.29, 0.717) is 18.6 Å². The summed E-state index contributed by atoms with van der Waals surface area (Å²) in [4.78, 5) is 0. The van der Waals surface area contributed by atoms with Gasteiger partial charge >= 0.3 is 0 Å². The van der Waals surface area contributed by atoms with Gasteiger partial charge in [0.2, 0.25) is 0 Å². The maximum atomic E-state index is 9.71. The van der Waals surface area contributed by atoms with Crippen molar-refractivity contribution in [2.75, 3.05) is 6.61 Å². The lowest BCUT2D eigenvalue weighted by atomic mass is 9.70. The van der Waals surface area contributed by atoms with Crippen LogP contribution >= 0.6 is 0 Å². The van der Waals surface area contributed by atoms with Crippen LogP contribution in [0.15, 0.2) is 0 Å². The number of hydrogen-bond donors (Lipinski definition) is 1. The van der Waals surface area contributed by atoms with Crippen molar-refractivity contribution >= 4 is 0 Å². The molecule has 0 bridgehead atoms. The molecule has 0 heterocycles. The molecule has 1 rings (SSSR count). The van der Waals surface area contributed by atoms with Crippen molar-refractivity contribution in [3.8, 4) is 0 Å². The van der Waals surface area contributed by atoms with Gasteiger partial charge in [0.25, 0.3) is 0 Å². The second-order valence-electron chi connectivity index (χ2n) is 6.05. The molecule has 1 aliphatic rings. The Kier molecular flexibility index (Phi) is 5.26. The van der Waals surface area contributed by atoms with E-state index in [0.717, 1.165) is 12.8 Å². The molecule has 96 valence electrons. The van der Waals surface area contributed by atoms with Gasteiger partial charge in [0.05, 0.1) is 18.8 Å². The molecule has 0 radical (unpaired) electrons. The van der Waals surface area contributed by atoms with Gasteiger partial charge in [-0.1, -0.05) is 40.5 Å². The highest BCUT2D eigenvalue weighted by Crippen LogP contribution is 2.40. The van der Waals surface area contributed by atoms with Crippen LogP contribution < -0.4 is 0 Å². The first-order valence-electron chi connectivity index (χ1n) is 6.77. The molecule has 1 aliphatic carbocycles. The van der Waals surface area contributed by atoms with Gasteiger partial charge in [-0.25, -0.2) is 0 Å². The molecule has 3 atom stereocenters. The first kappa shape index (κ1) is 14.0. The highest BCUT2D eigenvalue weighted by molar-refractivity contribution is 4.87. The molecule has 0 aromatic heterocycles. The number of aliphatic hydroxyl groups excluding tert-OH is 1. The van der Waals surface area contributed by atoms with Crippen LogP contribution in [0.2, 0.25) is 0 Å². The van der Waals surface area contributed by atoms with Crippen molar-refractivity contribution in [3.05, 3.63) is 0 Å². The molecule has 0 amide bonds. The zero-order valence-corrected chi connectivity index (χ0v) is 11.3. The van der Waals surface area contributed by atoms with E-state index < -0.39 is 0 Å². The van der Waals surface area contributed by atoms with Crippen LogP contribution in [0.25, 0.3) is 0 Å². The molecule has 0 aliphatic heterocycles. The lowest BCUT2D eigenvalue weighted by Crippen LogP contribution is -2.42. The van der Waals surface area contributed by atoms with Gasteiger partial charge in [0.1, 0.15) is 0 Å². The molecule has 16 heavy (non-hydrogen) atoms. The smallest absolute Gasteiger partial charge is 0.0773 e. The Balaban J connectivity index is 2.43. The Morgan fingerprint density at radius 1 is 1.44 bits per heavy atom. The monoisotopic (exact) mass is 228 g/mol. The van der Waals surface area contributed by atoms with Gasteiger partial charge in [0.15, 0.2) is 0 Å². The largest absolute Gasteiger partial charge is 0.391 e. The molecule has 1 saturated carbocycles. The third-order valence-corrected chi connectivity index (χ3v) is 3.86. The summed E-state index contributed by atoms with van der Waals surface area (Å²) >= 11 is 0. The minimum Gasteiger partial charge on any atom is -0.391 e. The minimum absolute atomic E-state index is 0.267. The lowest BCUT2D eigenvalue weighted by molar-refractivity contribution is -0.104. The van der Waals surface area contributed by atoms with Crippen molar-refractivity contribution < 1.29 is 9.84 Å². The van der Waals surface area contributed by atoms with Crippen LogP contribution in [0.5, 0.6) is 0 Å². The summed E-state index contributed by atoms with van der Waals surface area (Å²) in [6.07, 6.45) is 5.72. The summed E-state index contributed by atoms with van der Waals surface area (Å²) in [5.74, 6) is 0.623. The standard InChI is InChI=1S/C14H28O2/c1-5-7-12(15)10-16-13-11(2)8-6-9-14(13,3)4/h11-13,15H,5-10H2,1-4H3/t11-,12-,13+/m1/s1. The van der Waals surface area contributed by atoms with E-state index in [1.807, 2.05) is 0 Å². The maximum absolute atomic E-state index is 9.71. The van der Waals surface area contributed by atoms with E-state index in [1.54, 1.807) is 0 Å². The highest BCUT2D eigenvalue weighted by Gasteiger charge is 2.37. The van der Waals surface area contributed by atoms with Crippen molar-refractivity contribution in [1.82, 2.24) is 0 Å². The first-order valence-corrected chi connectivity index (χ1v) is 6.77. The van der Waals surface area contributed by atoms with Crippen LogP contribution in [-0.2, 0) is 4.74 Å². The summed E-state index contributed by atoms with van der Waals surface area (Å²) in [7, 11) is 0. The van der Waals surface area contributed by atoms with Gasteiger partial charge in [0, 0.05) is 0 Å². The van der Waals surface area contributed by atoms with E-state index in [1.165, 1.54) is 19.3 Å². The van der Waals surface area contributed by atoms with Crippen LogP contribution in [0.3, 0.4) is 0 Å². The number of hydrogen-bond acceptors (Lipinski definition) is 2. The Hall–Kier alpha value is -0.0800. The Morgan fingerprint density at radius 2 is 2.12 bits per heavy atom. The maximum Gasteiger partial charge on any atom is 0.0773 e. The molecule has 0 aromatic carbocycles. The van der Waals surface area contributed by atoms with Crippen molar-refractivity contribution in [2.24, 2.45) is 11.3 Å². The summed E-state index contributed by atoms with van der Waals surface area (Å²) < 4.78 is 5.97. The Morgan fingerprint density at radius 3 is 2.69 bits per heavy atom. The van der Waals surface area contributed by atoms with Crippen molar-refractivity contribution in [3.63, 3.8) is 0 Å². The van der Waals surface area contributed by atoms with Gasteiger partial charge < -0.3 is 9.84 Å². The quantitative estimate of drug-likeness (QED) is 0.781. The number of aliphatic hydroxyl groups is 1. The molecular weight excluding hydrogens is 200 g/mol. The summed E-state index contributed by atoms with van der Waals surface area (Å²) in [5, 5.41) is 9.71. The van der Waals surface area contributed by atoms with Crippen LogP contribution in [-0.4, -0.2) is 23.9 Å². The van der Waals surface area contributed by atoms with E-state index in [4.69, 9.17) is 4.74 Å². The average molecular weight is 228 g/mol. The summed E-state index contributed by atoms with van der Waals surface area (Å²) in [6.45, 7) is 9.46. The lowest BCUT2D eigenvalue weighted by Gasteiger charge is -2.42. The normalized spacial score (nSPS) is 31.3. The number of ether oxygens (including phenoxy) is 1. The molecule has 0 unspecified atom stereocenters. The SMILES string of the molecule is CCC[C@@H](O)CO[C@H]1[C@H](C)CCCC1(C)C. The first-order chi connectivity index (χ1) is 7.47. The number of rotatable bonds is 5. The predicted octanol–water partition coefficient (Wildman–Crippen LogP) is 3.38. The van der Waals surface area contributed by atoms with E-state index >= 15 is 0 Å². The molecule has 2 nitrogen and oxygen atoms in total. The van der Waals surface area contributed by atoms with Gasteiger partial charge in [-0.15, -0.1) is 0 Å². The third-order valence-electron chi connectivity index (χ3n) is 3.86. The molecule has 1 N–H and O–H groups in total. The summed E-state index contributed by atoms with van der Waals surface area (Å²) in [5.41, 5.74) is 0.267. The van der Waals surface area contributed by atoms with Crippen molar-refractivity contribution in [1.29, 1.82) is 0 Å². The molecule has 1 fully saturated rings. The third kappa shape index (κ3) is 3.74. The Labute approximate surface area is 100 Å². The second-order valence-corrected chi connectivity index (χ2v) is 6.05. The van der Waals surface area contributed by atoms with Crippen molar-refractivity contribution in [2.45, 2.75) is 72.0 Å². The molecule has 0 saturated heterocycles. The van der Waals surface area contributed by atoms with E-state index in [-0.39, 0.29) is 11.5 Å². The van der Waals surface area contributed by atoms with Gasteiger partial charge in [-0.2, -0.15) is 0 Å². The average Bonchev–Trinajstić information content (AvgIpc) is 2.16. The molecule has 0 aromatic rings. The fourth-order valence-corrected chi connectivity index (χ4v) is 2.96. The fraction of sp³-hybridized carbons (Fsp3) is 1.00. The molecule has 0 spiro atoms. The zero-order valence-electron chi connectivity index (χ0n) is 11.3. The molecular formula is C14H28O2. The highest BCUT2D eigenvalue weighted by atomic mass is 16.5. The Bertz CT molecular complexity index is 201. The molecule has 2 heteroatoms. The van der Waals surface area contributed by atoms with Crippen LogP contribution in [0.1, 0.15) is 59.8 Å². The topological polar surface area (TPSA) is 29.5 Å². The summed E-state index contributed by atoms with van der Waals surface area (Å²) in [6, 6.07) is 0. The minimum atomic E-state index is -0.282. The second kappa shape index (κ2) is 6.02. The van der Waals surface area contributed by atoms with Crippen LogP contribution in [0, 0.1) is 11.3 Å². The van der Waals surface area contributed by atoms with Crippen LogP contribution in [0.4, 0.5) is 0 Å². The van der Waals surface area contributed by atoms with Gasteiger partial charge in [-0.05, 0) is 30.6 Å². The fourth-order valence-electron chi connectivity index (χ4n) is 2.96. The van der Waals surface area contributed by atoms with E-state index in [9.17, 15) is 5.11 Å². The zero-order chi connectivity index (χ0) is 12.2. The van der Waals surface area contributed by atoms with Gasteiger partial charge in [-0.3, -0.25) is 0 Å². The predicted molar refractivity (Wildman–Crippen MR) is 67.5 cm³/mol. The van der Waals surface area contributed by atoms with E-state index in [2.05, 4.69) is 27.7 Å².